The minimum Gasteiger partial charge on any atom is -0.455 e. The number of sulfonamides is 1. The van der Waals surface area contributed by atoms with Crippen LogP contribution in [0.5, 0.6) is 11.5 Å². The summed E-state index contributed by atoms with van der Waals surface area (Å²) in [5, 5.41) is 19.7. The fraction of sp³-hybridized carbons (Fsp3) is 0.448. The molecule has 6 heterocycles. The van der Waals surface area contributed by atoms with Crippen LogP contribution < -0.4 is 25.0 Å². The summed E-state index contributed by atoms with van der Waals surface area (Å²) < 4.78 is 36.6. The number of halogens is 1. The summed E-state index contributed by atoms with van der Waals surface area (Å²) >= 11 is 8.04. The lowest BCUT2D eigenvalue weighted by Gasteiger charge is -2.42. The number of anilines is 2. The Morgan fingerprint density at radius 1 is 0.878 bits per heavy atom. The Balaban J connectivity index is 0.612. The summed E-state index contributed by atoms with van der Waals surface area (Å²) in [7, 11) is -4.62. The molecule has 1 unspecified atom stereocenters. The highest BCUT2D eigenvalue weighted by molar-refractivity contribution is 7.99. The van der Waals surface area contributed by atoms with Gasteiger partial charge in [-0.3, -0.25) is 44.4 Å². The number of nitrogens with one attached hydrogen (secondary N) is 4. The van der Waals surface area contributed by atoms with Gasteiger partial charge in [0, 0.05) is 129 Å². The fourth-order valence-electron chi connectivity index (χ4n) is 13.8. The maximum Gasteiger partial charge on any atom is 0.293 e. The number of carbonyl (C=O) groups excluding carboxylic acids is 4. The molecule has 2 aliphatic carbocycles. The maximum atomic E-state index is 14.2. The van der Waals surface area contributed by atoms with Crippen molar-refractivity contribution in [3.05, 3.63) is 146 Å². The number of hydrogen-bond acceptors (Lipinski definition) is 16. The van der Waals surface area contributed by atoms with Crippen LogP contribution in [0.1, 0.15) is 116 Å². The molecule has 4 fully saturated rings. The first-order chi connectivity index (χ1) is 43.4. The quantitative estimate of drug-likeness (QED) is 0.0172. The molecule has 0 bridgehead atoms. The molecule has 4 amide bonds. The number of amides is 4. The van der Waals surface area contributed by atoms with Crippen LogP contribution in [0.15, 0.2) is 119 Å². The van der Waals surface area contributed by atoms with E-state index in [1.54, 1.807) is 47.1 Å². The number of fused-ring (bicyclic) bond motifs is 2. The monoisotopic (exact) mass is 1280 g/mol. The number of carbonyl (C=O) groups is 4. The highest BCUT2D eigenvalue weighted by atomic mass is 35.5. The standard InChI is InChI=1S/C67H78ClN11O9S2/c1-67(2)24-22-47(55(39-67)45-10-12-48(68)13-11-45)42-75-29-33-77(34-30-75)50-16-18-54(60(37-50)88-51-36-46-23-25-69-63(46)71-41-51)64(81)73-90(86,87)52-17-19-57(59(38-52)79(84)85)70-40-44-8-14-49(15-9-44)76-31-27-74(28-32-76)26-3-4-35-89-61-7-5-6-53-56(61)43-78(66(53)83)58-20-21-62(80)72-65(58)82/h5-7,10-13,16-19,23,25,36-38,41,44,49,58,70H,3-4,8-9,14-15,20-22,24,26-35,39-40,42-43H2,1-2H3,(H,69,71)(H,73,81)(H,72,80,82). The number of unbranched alkanes of at least 4 members (excludes halogenated alkanes) is 1. The third-order valence-electron chi connectivity index (χ3n) is 19.0. The van der Waals surface area contributed by atoms with Crippen LogP contribution in [-0.2, 0) is 26.2 Å². The molecule has 6 aromatic rings. The van der Waals surface area contributed by atoms with Crippen molar-refractivity contribution in [2.45, 2.75) is 113 Å². The number of nitro benzene ring substituents is 1. The first kappa shape index (κ1) is 62.8. The highest BCUT2D eigenvalue weighted by Gasteiger charge is 2.40. The van der Waals surface area contributed by atoms with E-state index in [0.29, 0.717) is 55.6 Å². The lowest BCUT2D eigenvalue weighted by atomic mass is 9.72. The molecule has 0 spiro atoms. The number of H-pyrrole nitrogens is 1. The zero-order valence-corrected chi connectivity index (χ0v) is 53.4. The van der Waals surface area contributed by atoms with E-state index >= 15 is 0 Å². The van der Waals surface area contributed by atoms with E-state index in [2.05, 4.69) is 77.0 Å². The molecule has 6 aliphatic rings. The molecule has 474 valence electrons. The van der Waals surface area contributed by atoms with Gasteiger partial charge in [-0.05, 0) is 165 Å². The number of allylic oxidation sites excluding steroid dienone is 1. The average molecular weight is 1280 g/mol. The van der Waals surface area contributed by atoms with Crippen LogP contribution >= 0.6 is 23.4 Å². The van der Waals surface area contributed by atoms with Crippen LogP contribution in [0, 0.1) is 21.4 Å². The number of imide groups is 1. The summed E-state index contributed by atoms with van der Waals surface area (Å²) in [6, 6.07) is 26.2. The van der Waals surface area contributed by atoms with Crippen LogP contribution in [-0.4, -0.2) is 156 Å². The van der Waals surface area contributed by atoms with E-state index in [4.69, 9.17) is 16.3 Å². The topological polar surface area (TPSA) is 236 Å². The second-order valence-corrected chi connectivity index (χ2v) is 28.9. The summed E-state index contributed by atoms with van der Waals surface area (Å²) in [6.07, 6.45) is 13.1. The number of pyridine rings is 1. The first-order valence-corrected chi connectivity index (χ1v) is 34.4. The SMILES string of the molecule is CC1(C)CCC(CN2CCN(c3ccc(C(=O)NS(=O)(=O)c4ccc(NCC5CCC(N6CCN(CCCCSc7cccc8c7CN(C7CCC(=O)NC7=O)C8=O)CC6)CC5)c([N+](=O)[O-])c4)c(Oc4cnc5[nH]ccc5c4)c3)CC2)=C(c2ccc(Cl)cc2)C1. The molecule has 4 aromatic carbocycles. The largest absolute Gasteiger partial charge is 0.455 e. The van der Waals surface area contributed by atoms with Gasteiger partial charge in [-0.15, -0.1) is 11.8 Å². The van der Waals surface area contributed by atoms with Crippen molar-refractivity contribution in [3.8, 4) is 11.5 Å². The lowest BCUT2D eigenvalue weighted by molar-refractivity contribution is -0.384. The predicted octanol–water partition coefficient (Wildman–Crippen LogP) is 10.7. The Bertz CT molecular complexity index is 3840. The number of piperidine rings is 1. The van der Waals surface area contributed by atoms with Gasteiger partial charge in [0.1, 0.15) is 28.9 Å². The van der Waals surface area contributed by atoms with Crippen molar-refractivity contribution < 1.29 is 37.3 Å². The maximum absolute atomic E-state index is 14.2. The van der Waals surface area contributed by atoms with Crippen molar-refractivity contribution in [2.24, 2.45) is 11.3 Å². The van der Waals surface area contributed by atoms with Crippen molar-refractivity contribution in [1.29, 1.82) is 0 Å². The predicted molar refractivity (Wildman–Crippen MR) is 350 cm³/mol. The molecule has 1 atom stereocenters. The number of aromatic nitrogens is 2. The summed E-state index contributed by atoms with van der Waals surface area (Å²) in [6.45, 7) is 14.5. The Morgan fingerprint density at radius 2 is 1.66 bits per heavy atom. The van der Waals surface area contributed by atoms with Gasteiger partial charge in [-0.2, -0.15) is 0 Å². The number of hydrogen-bond donors (Lipinski definition) is 4. The van der Waals surface area contributed by atoms with Gasteiger partial charge in [-0.1, -0.05) is 49.2 Å². The minimum absolute atomic E-state index is 0.0433. The van der Waals surface area contributed by atoms with Gasteiger partial charge >= 0.3 is 0 Å². The molecule has 3 saturated heterocycles. The number of rotatable bonds is 21. The zero-order chi connectivity index (χ0) is 62.7. The van der Waals surface area contributed by atoms with Gasteiger partial charge in [-0.25, -0.2) is 18.1 Å². The van der Waals surface area contributed by atoms with E-state index < -0.39 is 43.4 Å². The number of nitro groups is 1. The molecule has 90 heavy (non-hydrogen) atoms. The second-order valence-electron chi connectivity index (χ2n) is 25.6. The number of ether oxygens (including phenoxy) is 1. The third-order valence-corrected chi connectivity index (χ3v) is 21.8. The summed E-state index contributed by atoms with van der Waals surface area (Å²) in [5.41, 5.74) is 7.12. The Hall–Kier alpha value is -7.34. The lowest BCUT2D eigenvalue weighted by Crippen LogP contribution is -2.52. The van der Waals surface area contributed by atoms with Gasteiger partial charge in [0.05, 0.1) is 21.6 Å². The van der Waals surface area contributed by atoms with Crippen LogP contribution in [0.4, 0.5) is 17.1 Å². The molecular formula is C67H78ClN11O9S2. The number of nitrogens with zero attached hydrogens (tertiary/aromatic N) is 7. The van der Waals surface area contributed by atoms with E-state index in [1.807, 2.05) is 30.3 Å². The number of aromatic amines is 1. The van der Waals surface area contributed by atoms with Gasteiger partial charge < -0.3 is 29.7 Å². The molecule has 12 rings (SSSR count). The molecule has 20 nitrogen and oxygen atoms in total. The normalized spacial score (nSPS) is 21.1. The third kappa shape index (κ3) is 14.5. The molecular weight excluding hydrogens is 1200 g/mol. The number of thioether (sulfide) groups is 1. The molecule has 0 radical (unpaired) electrons. The van der Waals surface area contributed by atoms with Gasteiger partial charge in [0.2, 0.25) is 11.8 Å². The Kier molecular flexibility index (Phi) is 19.0. The van der Waals surface area contributed by atoms with Crippen molar-refractivity contribution >= 4 is 90.7 Å². The van der Waals surface area contributed by atoms with Crippen LogP contribution in [0.2, 0.25) is 5.02 Å². The second kappa shape index (κ2) is 27.2. The fourth-order valence-corrected chi connectivity index (χ4v) is 16.0. The average Bonchev–Trinajstić information content (AvgIpc) is 1.60. The Morgan fingerprint density at radius 3 is 2.42 bits per heavy atom. The molecule has 1 saturated carbocycles. The molecule has 4 aliphatic heterocycles. The van der Waals surface area contributed by atoms with E-state index in [-0.39, 0.29) is 46.6 Å². The highest BCUT2D eigenvalue weighted by Crippen LogP contribution is 2.44. The molecule has 4 N–H and O–H groups in total. The number of benzene rings is 4. The van der Waals surface area contributed by atoms with Crippen LogP contribution in [0.3, 0.4) is 0 Å². The van der Waals surface area contributed by atoms with E-state index in [9.17, 15) is 37.7 Å². The van der Waals surface area contributed by atoms with Crippen molar-refractivity contribution in [2.75, 3.05) is 88.0 Å². The number of piperazine rings is 2. The van der Waals surface area contributed by atoms with Gasteiger partial charge in [0.25, 0.3) is 27.5 Å². The van der Waals surface area contributed by atoms with Gasteiger partial charge in [0.15, 0.2) is 0 Å². The zero-order valence-electron chi connectivity index (χ0n) is 51.0. The van der Waals surface area contributed by atoms with Crippen LogP contribution in [0.25, 0.3) is 16.6 Å². The van der Waals surface area contributed by atoms with Crippen molar-refractivity contribution in [3.63, 3.8) is 0 Å². The smallest absolute Gasteiger partial charge is 0.293 e. The van der Waals surface area contributed by atoms with Crippen molar-refractivity contribution in [1.82, 2.24) is 39.6 Å². The Labute approximate surface area is 534 Å². The minimum atomic E-state index is -4.62. The van der Waals surface area contributed by atoms with E-state index in [1.165, 1.54) is 35.0 Å². The molecule has 23 heteroatoms. The summed E-state index contributed by atoms with van der Waals surface area (Å²) in [4.78, 5) is 83.3. The first-order valence-electron chi connectivity index (χ1n) is 31.5. The van der Waals surface area contributed by atoms with E-state index in [0.717, 1.165) is 149 Å². The molecule has 2 aromatic heterocycles. The summed E-state index contributed by atoms with van der Waals surface area (Å²) in [5.74, 6) is -0.129.